The van der Waals surface area contributed by atoms with E-state index < -0.39 is 0 Å². The van der Waals surface area contributed by atoms with Gasteiger partial charge in [0, 0.05) is 31.7 Å². The summed E-state index contributed by atoms with van der Waals surface area (Å²) < 4.78 is 0. The molecule has 0 atom stereocenters. The summed E-state index contributed by atoms with van der Waals surface area (Å²) in [5.41, 5.74) is 0.755. The average Bonchev–Trinajstić information content (AvgIpc) is 2.39. The molecule has 0 unspecified atom stereocenters. The number of carbonyl (C=O) groups excluding carboxylic acids is 1. The number of likely N-dealkylation sites (N-methyl/N-ethyl adjacent to an activating group) is 1. The van der Waals surface area contributed by atoms with Gasteiger partial charge in [-0.15, -0.1) is 0 Å². The minimum Gasteiger partial charge on any atom is -0.342 e. The van der Waals surface area contributed by atoms with Gasteiger partial charge in [0.25, 0.3) is 0 Å². The number of hydrogen-bond acceptors (Lipinski definition) is 3. The van der Waals surface area contributed by atoms with Crippen LogP contribution in [0.1, 0.15) is 50.6 Å². The van der Waals surface area contributed by atoms with Gasteiger partial charge < -0.3 is 4.90 Å². The van der Waals surface area contributed by atoms with Gasteiger partial charge in [-0.1, -0.05) is 32.1 Å². The van der Waals surface area contributed by atoms with Crippen molar-refractivity contribution in [2.75, 3.05) is 7.05 Å². The lowest BCUT2D eigenvalue weighted by molar-refractivity contribution is -0.131. The Hall–Kier alpha value is -1.45. The molecule has 1 amide bonds. The molecule has 1 aromatic rings. The highest BCUT2D eigenvalue weighted by molar-refractivity contribution is 5.78. The van der Waals surface area contributed by atoms with E-state index >= 15 is 0 Å². The highest BCUT2D eigenvalue weighted by Gasteiger charge is 2.20. The van der Waals surface area contributed by atoms with E-state index in [1.165, 1.54) is 32.1 Å². The first-order valence-electron chi connectivity index (χ1n) is 7.28. The van der Waals surface area contributed by atoms with Crippen molar-refractivity contribution < 1.29 is 4.79 Å². The van der Waals surface area contributed by atoms with Crippen LogP contribution in [-0.4, -0.2) is 33.9 Å². The van der Waals surface area contributed by atoms with Crippen LogP contribution in [0.2, 0.25) is 0 Å². The van der Waals surface area contributed by atoms with Crippen molar-refractivity contribution in [3.63, 3.8) is 0 Å². The van der Waals surface area contributed by atoms with Gasteiger partial charge in [0.15, 0.2) is 0 Å². The van der Waals surface area contributed by atoms with Gasteiger partial charge in [0.1, 0.15) is 0 Å². The highest BCUT2D eigenvalue weighted by atomic mass is 16.2. The Balaban J connectivity index is 1.90. The van der Waals surface area contributed by atoms with E-state index in [4.69, 9.17) is 0 Å². The highest BCUT2D eigenvalue weighted by Crippen LogP contribution is 2.21. The fourth-order valence-corrected chi connectivity index (χ4v) is 2.73. The van der Waals surface area contributed by atoms with Gasteiger partial charge >= 0.3 is 0 Å². The Bertz CT molecular complexity index is 386. The Morgan fingerprint density at radius 1 is 1.21 bits per heavy atom. The minimum absolute atomic E-state index is 0.158. The van der Waals surface area contributed by atoms with Crippen LogP contribution in [0.15, 0.2) is 18.6 Å². The van der Waals surface area contributed by atoms with Crippen molar-refractivity contribution in [3.05, 3.63) is 24.3 Å². The molecule has 4 heteroatoms. The molecule has 0 bridgehead atoms. The summed E-state index contributed by atoms with van der Waals surface area (Å²) in [6.07, 6.45) is 14.0. The summed E-state index contributed by atoms with van der Waals surface area (Å²) in [5, 5.41) is 0. The van der Waals surface area contributed by atoms with Gasteiger partial charge in [-0.25, -0.2) is 0 Å². The van der Waals surface area contributed by atoms with E-state index in [1.54, 1.807) is 18.6 Å². The van der Waals surface area contributed by atoms with E-state index in [1.807, 2.05) is 11.9 Å². The molecule has 1 heterocycles. The predicted molar refractivity (Wildman–Crippen MR) is 74.6 cm³/mol. The van der Waals surface area contributed by atoms with Gasteiger partial charge in [-0.3, -0.25) is 14.8 Å². The summed E-state index contributed by atoms with van der Waals surface area (Å²) in [4.78, 5) is 22.4. The molecule has 1 saturated carbocycles. The third-order valence-corrected chi connectivity index (χ3v) is 3.96. The van der Waals surface area contributed by atoms with Gasteiger partial charge in [0.2, 0.25) is 5.91 Å². The molecular weight excluding hydrogens is 238 g/mol. The van der Waals surface area contributed by atoms with Crippen LogP contribution in [0.25, 0.3) is 0 Å². The molecule has 4 nitrogen and oxygen atoms in total. The van der Waals surface area contributed by atoms with Crippen LogP contribution in [-0.2, 0) is 11.2 Å². The molecule has 1 aromatic heterocycles. The van der Waals surface area contributed by atoms with E-state index in [2.05, 4.69) is 9.97 Å². The number of rotatable bonds is 3. The molecule has 0 spiro atoms. The fourth-order valence-electron chi connectivity index (χ4n) is 2.73. The van der Waals surface area contributed by atoms with Crippen LogP contribution < -0.4 is 0 Å². The van der Waals surface area contributed by atoms with Crippen molar-refractivity contribution in [3.8, 4) is 0 Å². The molecule has 0 saturated heterocycles. The number of carbonyl (C=O) groups is 1. The Kier molecular flexibility index (Phi) is 5.31. The quantitative estimate of drug-likeness (QED) is 0.840. The van der Waals surface area contributed by atoms with Crippen LogP contribution in [0.3, 0.4) is 0 Å². The predicted octanol–water partition coefficient (Wildman–Crippen LogP) is 2.59. The smallest absolute Gasteiger partial charge is 0.228 e. The van der Waals surface area contributed by atoms with Crippen molar-refractivity contribution >= 4 is 5.91 Å². The van der Waals surface area contributed by atoms with Crippen molar-refractivity contribution in [1.29, 1.82) is 0 Å². The first kappa shape index (κ1) is 14.0. The standard InChI is InChI=1S/C15H23N3O/c1-18(14-7-5-3-2-4-6-8-14)15(19)11-13-12-16-9-10-17-13/h9-10,12,14H,2-8,11H2,1H3. The van der Waals surface area contributed by atoms with Crippen LogP contribution in [0.4, 0.5) is 0 Å². The lowest BCUT2D eigenvalue weighted by Crippen LogP contribution is -2.38. The molecule has 1 fully saturated rings. The summed E-state index contributed by atoms with van der Waals surface area (Å²) >= 11 is 0. The van der Waals surface area contributed by atoms with Crippen molar-refractivity contribution in [2.45, 2.75) is 57.4 Å². The second-order valence-electron chi connectivity index (χ2n) is 5.38. The monoisotopic (exact) mass is 261 g/mol. The SMILES string of the molecule is CN(C(=O)Cc1cnccn1)C1CCCCCCC1. The van der Waals surface area contributed by atoms with E-state index in [0.29, 0.717) is 12.5 Å². The van der Waals surface area contributed by atoms with Crippen LogP contribution >= 0.6 is 0 Å². The van der Waals surface area contributed by atoms with Crippen LogP contribution in [0.5, 0.6) is 0 Å². The third kappa shape index (κ3) is 4.30. The first-order valence-corrected chi connectivity index (χ1v) is 7.28. The van der Waals surface area contributed by atoms with Crippen molar-refractivity contribution in [2.24, 2.45) is 0 Å². The van der Waals surface area contributed by atoms with Crippen LogP contribution in [0, 0.1) is 0 Å². The average molecular weight is 261 g/mol. The molecule has 19 heavy (non-hydrogen) atoms. The number of nitrogens with zero attached hydrogens (tertiary/aromatic N) is 3. The minimum atomic E-state index is 0.158. The maximum atomic E-state index is 12.3. The first-order chi connectivity index (χ1) is 9.27. The second-order valence-corrected chi connectivity index (χ2v) is 5.38. The zero-order chi connectivity index (χ0) is 13.5. The Labute approximate surface area is 115 Å². The topological polar surface area (TPSA) is 46.1 Å². The zero-order valence-corrected chi connectivity index (χ0v) is 11.7. The number of aromatic nitrogens is 2. The molecule has 1 aliphatic carbocycles. The lowest BCUT2D eigenvalue weighted by atomic mass is 9.95. The lowest BCUT2D eigenvalue weighted by Gasteiger charge is -2.29. The van der Waals surface area contributed by atoms with E-state index in [-0.39, 0.29) is 5.91 Å². The molecule has 0 aliphatic heterocycles. The molecular formula is C15H23N3O. The largest absolute Gasteiger partial charge is 0.342 e. The van der Waals surface area contributed by atoms with Gasteiger partial charge in [0.05, 0.1) is 12.1 Å². The maximum Gasteiger partial charge on any atom is 0.228 e. The molecule has 0 N–H and O–H groups in total. The molecule has 2 rings (SSSR count). The van der Waals surface area contributed by atoms with E-state index in [9.17, 15) is 4.79 Å². The fraction of sp³-hybridized carbons (Fsp3) is 0.667. The molecule has 0 aromatic carbocycles. The maximum absolute atomic E-state index is 12.3. The second kappa shape index (κ2) is 7.22. The summed E-state index contributed by atoms with van der Waals surface area (Å²) in [5.74, 6) is 0.158. The Morgan fingerprint density at radius 3 is 2.53 bits per heavy atom. The number of amides is 1. The third-order valence-electron chi connectivity index (χ3n) is 3.96. The van der Waals surface area contributed by atoms with Gasteiger partial charge in [-0.05, 0) is 12.8 Å². The Morgan fingerprint density at radius 2 is 1.89 bits per heavy atom. The number of hydrogen-bond donors (Lipinski definition) is 0. The van der Waals surface area contributed by atoms with E-state index in [0.717, 1.165) is 18.5 Å². The molecule has 104 valence electrons. The van der Waals surface area contributed by atoms with Gasteiger partial charge in [-0.2, -0.15) is 0 Å². The molecule has 0 radical (unpaired) electrons. The summed E-state index contributed by atoms with van der Waals surface area (Å²) in [6, 6.07) is 0.407. The summed E-state index contributed by atoms with van der Waals surface area (Å²) in [7, 11) is 1.94. The van der Waals surface area contributed by atoms with Crippen molar-refractivity contribution in [1.82, 2.24) is 14.9 Å². The normalized spacial score (nSPS) is 17.5. The molecule has 1 aliphatic rings. The zero-order valence-electron chi connectivity index (χ0n) is 11.7. The summed E-state index contributed by atoms with van der Waals surface area (Å²) in [6.45, 7) is 0.